The molecule has 2 aromatic rings. The first kappa shape index (κ1) is 18.5. The summed E-state index contributed by atoms with van der Waals surface area (Å²) in [4.78, 5) is 26.4. The van der Waals surface area contributed by atoms with Crippen molar-refractivity contribution in [1.29, 1.82) is 5.26 Å². The predicted octanol–water partition coefficient (Wildman–Crippen LogP) is 4.43. The van der Waals surface area contributed by atoms with E-state index in [1.54, 1.807) is 30.3 Å². The van der Waals surface area contributed by atoms with E-state index in [4.69, 9.17) is 10.00 Å². The summed E-state index contributed by atoms with van der Waals surface area (Å²) in [6.07, 6.45) is 1.69. The summed E-state index contributed by atoms with van der Waals surface area (Å²) in [5.41, 5.74) is 1.70. The number of carbonyl (C=O) groups excluding carboxylic acids is 2. The maximum atomic E-state index is 12.6. The Bertz CT molecular complexity index is 902. The molecule has 1 aliphatic rings. The first-order valence-corrected chi connectivity index (χ1v) is 9.56. The molecule has 1 fully saturated rings. The van der Waals surface area contributed by atoms with Crippen LogP contribution in [0.3, 0.4) is 0 Å². The van der Waals surface area contributed by atoms with Crippen LogP contribution in [-0.4, -0.2) is 22.7 Å². The standard InChI is InChI=1S/C19H13IN2O3S/c20-15-5-1-14(2-6-15)12-22-18(23)17(26-19(22)24)11-13-3-7-16(8-4-13)25-10-9-21/h1-8,11H,10,12H2/b17-11-. The highest BCUT2D eigenvalue weighted by Crippen LogP contribution is 2.33. The molecule has 1 saturated heterocycles. The molecule has 130 valence electrons. The van der Waals surface area contributed by atoms with E-state index in [2.05, 4.69) is 22.6 Å². The van der Waals surface area contributed by atoms with Gasteiger partial charge in [-0.25, -0.2) is 0 Å². The number of nitriles is 1. The van der Waals surface area contributed by atoms with Crippen molar-refractivity contribution >= 4 is 51.6 Å². The van der Waals surface area contributed by atoms with E-state index in [9.17, 15) is 9.59 Å². The second-order valence-corrected chi connectivity index (χ2v) is 7.65. The highest BCUT2D eigenvalue weighted by molar-refractivity contribution is 14.1. The lowest BCUT2D eigenvalue weighted by molar-refractivity contribution is -0.123. The smallest absolute Gasteiger partial charge is 0.293 e. The summed E-state index contributed by atoms with van der Waals surface area (Å²) in [6.45, 7) is 0.247. The highest BCUT2D eigenvalue weighted by atomic mass is 127. The molecule has 26 heavy (non-hydrogen) atoms. The molecule has 2 amide bonds. The molecule has 0 spiro atoms. The van der Waals surface area contributed by atoms with E-state index in [1.807, 2.05) is 30.3 Å². The molecule has 1 heterocycles. The Kier molecular flexibility index (Phi) is 5.96. The van der Waals surface area contributed by atoms with E-state index in [0.717, 1.165) is 26.5 Å². The van der Waals surface area contributed by atoms with E-state index < -0.39 is 0 Å². The number of halogens is 1. The van der Waals surface area contributed by atoms with Crippen molar-refractivity contribution in [1.82, 2.24) is 4.90 Å². The first-order valence-electron chi connectivity index (χ1n) is 7.66. The molecule has 5 nitrogen and oxygen atoms in total. The maximum absolute atomic E-state index is 12.6. The summed E-state index contributed by atoms with van der Waals surface area (Å²) in [7, 11) is 0. The zero-order valence-electron chi connectivity index (χ0n) is 13.5. The normalized spacial score (nSPS) is 15.4. The summed E-state index contributed by atoms with van der Waals surface area (Å²) in [6, 6.07) is 16.6. The average Bonchev–Trinajstić information content (AvgIpc) is 2.90. The number of amides is 2. The van der Waals surface area contributed by atoms with E-state index in [0.29, 0.717) is 10.7 Å². The van der Waals surface area contributed by atoms with E-state index in [-0.39, 0.29) is 24.3 Å². The zero-order valence-corrected chi connectivity index (χ0v) is 16.5. The van der Waals surface area contributed by atoms with Crippen LogP contribution in [0.25, 0.3) is 6.08 Å². The topological polar surface area (TPSA) is 70.4 Å². The van der Waals surface area contributed by atoms with Gasteiger partial charge in [0.25, 0.3) is 11.1 Å². The molecular weight excluding hydrogens is 463 g/mol. The lowest BCUT2D eigenvalue weighted by Gasteiger charge is -2.12. The van der Waals surface area contributed by atoms with Crippen molar-refractivity contribution in [3.05, 3.63) is 68.1 Å². The lowest BCUT2D eigenvalue weighted by atomic mass is 10.2. The van der Waals surface area contributed by atoms with Crippen LogP contribution in [0, 0.1) is 14.9 Å². The van der Waals surface area contributed by atoms with E-state index >= 15 is 0 Å². The predicted molar refractivity (Wildman–Crippen MR) is 108 cm³/mol. The van der Waals surface area contributed by atoms with Gasteiger partial charge in [0.15, 0.2) is 6.61 Å². The molecule has 1 aliphatic heterocycles. The molecule has 7 heteroatoms. The van der Waals surface area contributed by atoms with Crippen molar-refractivity contribution in [3.8, 4) is 11.8 Å². The molecule has 0 saturated carbocycles. The van der Waals surface area contributed by atoms with Crippen molar-refractivity contribution in [3.63, 3.8) is 0 Å². The molecule has 2 aromatic carbocycles. The molecule has 0 aliphatic carbocycles. The Morgan fingerprint density at radius 3 is 2.46 bits per heavy atom. The SMILES string of the molecule is N#CCOc1ccc(/C=C2\SC(=O)N(Cc3ccc(I)cc3)C2=O)cc1. The third-order valence-corrected chi connectivity index (χ3v) is 5.24. The Hall–Kier alpha value is -2.31. The molecule has 3 rings (SSSR count). The monoisotopic (exact) mass is 476 g/mol. The second-order valence-electron chi connectivity index (χ2n) is 5.41. The van der Waals surface area contributed by atoms with Crippen LogP contribution in [0.2, 0.25) is 0 Å². The van der Waals surface area contributed by atoms with Gasteiger partial charge in [0.05, 0.1) is 11.4 Å². The second kappa shape index (κ2) is 8.38. The lowest BCUT2D eigenvalue weighted by Crippen LogP contribution is -2.27. The number of rotatable bonds is 5. The zero-order chi connectivity index (χ0) is 18.5. The van der Waals surface area contributed by atoms with Crippen LogP contribution in [-0.2, 0) is 11.3 Å². The first-order chi connectivity index (χ1) is 12.6. The number of nitrogens with zero attached hydrogens (tertiary/aromatic N) is 2. The average molecular weight is 476 g/mol. The largest absolute Gasteiger partial charge is 0.479 e. The number of hydrogen-bond acceptors (Lipinski definition) is 5. The Morgan fingerprint density at radius 1 is 1.12 bits per heavy atom. The highest BCUT2D eigenvalue weighted by Gasteiger charge is 2.34. The van der Waals surface area contributed by atoms with Crippen LogP contribution in [0.4, 0.5) is 4.79 Å². The Morgan fingerprint density at radius 2 is 1.81 bits per heavy atom. The van der Waals surface area contributed by atoms with E-state index in [1.165, 1.54) is 4.90 Å². The summed E-state index contributed by atoms with van der Waals surface area (Å²) in [5.74, 6) is 0.291. The van der Waals surface area contributed by atoms with Crippen LogP contribution >= 0.6 is 34.4 Å². The quantitative estimate of drug-likeness (QED) is 0.472. The van der Waals surface area contributed by atoms with Crippen LogP contribution in [0.15, 0.2) is 53.4 Å². The summed E-state index contributed by atoms with van der Waals surface area (Å²) in [5, 5.41) is 8.24. The minimum absolute atomic E-state index is 0.0171. The van der Waals surface area contributed by atoms with Gasteiger partial charge in [-0.1, -0.05) is 24.3 Å². The number of imide groups is 1. The Labute approximate surface area is 168 Å². The van der Waals surface area contributed by atoms with Crippen molar-refractivity contribution in [2.75, 3.05) is 6.61 Å². The summed E-state index contributed by atoms with van der Waals surface area (Å²) >= 11 is 3.15. The van der Waals surface area contributed by atoms with Crippen LogP contribution < -0.4 is 4.74 Å². The van der Waals surface area contributed by atoms with Gasteiger partial charge >= 0.3 is 0 Å². The fraction of sp³-hybridized carbons (Fsp3) is 0.105. The third kappa shape index (κ3) is 4.45. The number of carbonyl (C=O) groups is 2. The fourth-order valence-corrected chi connectivity index (χ4v) is 3.53. The van der Waals surface area contributed by atoms with Gasteiger partial charge < -0.3 is 4.74 Å². The minimum atomic E-state index is -0.289. The van der Waals surface area contributed by atoms with Crippen LogP contribution in [0.5, 0.6) is 5.75 Å². The fourth-order valence-electron chi connectivity index (χ4n) is 2.34. The third-order valence-electron chi connectivity index (χ3n) is 3.61. The van der Waals surface area contributed by atoms with Gasteiger partial charge in [0.1, 0.15) is 11.8 Å². The molecule has 0 aromatic heterocycles. The van der Waals surface area contributed by atoms with Crippen LogP contribution in [0.1, 0.15) is 11.1 Å². The molecule has 0 atom stereocenters. The molecule has 0 bridgehead atoms. The molecule has 0 N–H and O–H groups in total. The number of ether oxygens (including phenoxy) is 1. The van der Waals surface area contributed by atoms with Gasteiger partial charge in [0, 0.05) is 3.57 Å². The maximum Gasteiger partial charge on any atom is 0.293 e. The number of benzene rings is 2. The van der Waals surface area contributed by atoms with Gasteiger partial charge in [-0.3, -0.25) is 14.5 Å². The van der Waals surface area contributed by atoms with Gasteiger partial charge in [-0.2, -0.15) is 5.26 Å². The van der Waals surface area contributed by atoms with Crippen molar-refractivity contribution < 1.29 is 14.3 Å². The number of hydrogen-bond donors (Lipinski definition) is 0. The van der Waals surface area contributed by atoms with Gasteiger partial charge in [-0.05, 0) is 75.8 Å². The van der Waals surface area contributed by atoms with Crippen molar-refractivity contribution in [2.24, 2.45) is 0 Å². The van der Waals surface area contributed by atoms with Gasteiger partial charge in [0.2, 0.25) is 0 Å². The number of thioether (sulfide) groups is 1. The van der Waals surface area contributed by atoms with Crippen molar-refractivity contribution in [2.45, 2.75) is 6.54 Å². The Balaban J connectivity index is 1.72. The van der Waals surface area contributed by atoms with Gasteiger partial charge in [-0.15, -0.1) is 0 Å². The molecular formula is C19H13IN2O3S. The molecule has 0 unspecified atom stereocenters. The molecule has 0 radical (unpaired) electrons. The minimum Gasteiger partial charge on any atom is -0.479 e. The summed E-state index contributed by atoms with van der Waals surface area (Å²) < 4.78 is 6.29.